The number of nitrogens with one attached hydrogen (secondary N) is 1. The van der Waals surface area contributed by atoms with Crippen molar-refractivity contribution in [3.8, 4) is 0 Å². The van der Waals surface area contributed by atoms with Crippen LogP contribution in [0, 0.1) is 0 Å². The second-order valence-electron chi connectivity index (χ2n) is 3.45. The minimum atomic E-state index is -0.136. The van der Waals surface area contributed by atoms with Crippen molar-refractivity contribution in [3.63, 3.8) is 0 Å². The van der Waals surface area contributed by atoms with Crippen LogP contribution in [-0.4, -0.2) is 25.2 Å². The molecule has 3 nitrogen and oxygen atoms in total. The average Bonchev–Trinajstić information content (AvgIpc) is 2.10. The maximum absolute atomic E-state index is 11.3. The van der Waals surface area contributed by atoms with E-state index >= 15 is 0 Å². The van der Waals surface area contributed by atoms with E-state index in [0.717, 1.165) is 13.0 Å². The van der Waals surface area contributed by atoms with Crippen LogP contribution in [0.15, 0.2) is 11.1 Å². The molecule has 0 saturated heterocycles. The predicted octanol–water partition coefficient (Wildman–Crippen LogP) is 1.25. The molecule has 0 aromatic rings. The molecule has 13 heavy (non-hydrogen) atoms. The molecule has 1 aliphatic rings. The van der Waals surface area contributed by atoms with Crippen molar-refractivity contribution in [3.05, 3.63) is 11.1 Å². The zero-order chi connectivity index (χ0) is 9.84. The van der Waals surface area contributed by atoms with E-state index in [1.165, 1.54) is 11.1 Å². The molecule has 0 aliphatic carbocycles. The largest absolute Gasteiger partial charge is 0.465 e. The second kappa shape index (κ2) is 4.42. The van der Waals surface area contributed by atoms with E-state index in [0.29, 0.717) is 6.61 Å². The summed E-state index contributed by atoms with van der Waals surface area (Å²) in [5.41, 5.74) is 2.64. The van der Waals surface area contributed by atoms with Crippen LogP contribution in [0.4, 0.5) is 0 Å². The SMILES string of the molecule is CCOC(=O)C1CC(C)=C(C)CN1. The van der Waals surface area contributed by atoms with Crippen LogP contribution >= 0.6 is 0 Å². The molecule has 1 unspecified atom stereocenters. The Morgan fingerprint density at radius 2 is 2.23 bits per heavy atom. The van der Waals surface area contributed by atoms with Gasteiger partial charge in [-0.2, -0.15) is 0 Å². The summed E-state index contributed by atoms with van der Waals surface area (Å²) in [6.07, 6.45) is 0.782. The Labute approximate surface area is 79.2 Å². The van der Waals surface area contributed by atoms with Gasteiger partial charge in [-0.05, 0) is 27.2 Å². The number of rotatable bonds is 2. The van der Waals surface area contributed by atoms with E-state index in [4.69, 9.17) is 4.74 Å². The Balaban J connectivity index is 2.53. The Morgan fingerprint density at radius 1 is 1.54 bits per heavy atom. The van der Waals surface area contributed by atoms with Crippen LogP contribution < -0.4 is 5.32 Å². The second-order valence-corrected chi connectivity index (χ2v) is 3.45. The summed E-state index contributed by atoms with van der Waals surface area (Å²) in [7, 11) is 0. The molecular weight excluding hydrogens is 166 g/mol. The Kier molecular flexibility index (Phi) is 3.48. The topological polar surface area (TPSA) is 38.3 Å². The van der Waals surface area contributed by atoms with Crippen LogP contribution in [0.25, 0.3) is 0 Å². The monoisotopic (exact) mass is 183 g/mol. The molecule has 1 heterocycles. The summed E-state index contributed by atoms with van der Waals surface area (Å²) in [5, 5.41) is 3.15. The lowest BCUT2D eigenvalue weighted by atomic mass is 9.98. The fourth-order valence-electron chi connectivity index (χ4n) is 1.39. The van der Waals surface area contributed by atoms with Crippen LogP contribution in [0.1, 0.15) is 27.2 Å². The number of esters is 1. The smallest absolute Gasteiger partial charge is 0.323 e. The normalized spacial score (nSPS) is 23.2. The van der Waals surface area contributed by atoms with Crippen molar-refractivity contribution in [1.29, 1.82) is 0 Å². The predicted molar refractivity (Wildman–Crippen MR) is 51.4 cm³/mol. The number of ether oxygens (including phenoxy) is 1. The molecule has 0 radical (unpaired) electrons. The molecule has 1 rings (SSSR count). The Hall–Kier alpha value is -0.830. The third-order valence-electron chi connectivity index (χ3n) is 2.42. The number of carbonyl (C=O) groups is 1. The van der Waals surface area contributed by atoms with Crippen LogP contribution in [0.5, 0.6) is 0 Å². The maximum atomic E-state index is 11.3. The molecule has 0 fully saturated rings. The Bertz CT molecular complexity index is 233. The molecular formula is C10H17NO2. The lowest BCUT2D eigenvalue weighted by molar-refractivity contribution is -0.145. The first kappa shape index (κ1) is 10.3. The van der Waals surface area contributed by atoms with Gasteiger partial charge < -0.3 is 10.1 Å². The Morgan fingerprint density at radius 3 is 2.77 bits per heavy atom. The van der Waals surface area contributed by atoms with Crippen LogP contribution in [0.2, 0.25) is 0 Å². The lowest BCUT2D eigenvalue weighted by Crippen LogP contribution is -2.42. The van der Waals surface area contributed by atoms with E-state index in [1.807, 2.05) is 6.92 Å². The lowest BCUT2D eigenvalue weighted by Gasteiger charge is -2.24. The summed E-state index contributed by atoms with van der Waals surface area (Å²) in [4.78, 5) is 11.3. The molecule has 0 aromatic heterocycles. The van der Waals surface area contributed by atoms with Gasteiger partial charge in [-0.1, -0.05) is 11.1 Å². The van der Waals surface area contributed by atoms with Crippen molar-refractivity contribution < 1.29 is 9.53 Å². The fourth-order valence-corrected chi connectivity index (χ4v) is 1.39. The van der Waals surface area contributed by atoms with Gasteiger partial charge in [0.05, 0.1) is 6.61 Å². The zero-order valence-corrected chi connectivity index (χ0v) is 8.52. The van der Waals surface area contributed by atoms with Crippen LogP contribution in [0.3, 0.4) is 0 Å². The van der Waals surface area contributed by atoms with E-state index in [1.54, 1.807) is 0 Å². The maximum Gasteiger partial charge on any atom is 0.323 e. The highest BCUT2D eigenvalue weighted by Crippen LogP contribution is 2.15. The van der Waals surface area contributed by atoms with Crippen molar-refractivity contribution in [2.45, 2.75) is 33.2 Å². The highest BCUT2D eigenvalue weighted by atomic mass is 16.5. The molecule has 1 N–H and O–H groups in total. The summed E-state index contributed by atoms with van der Waals surface area (Å²) >= 11 is 0. The third kappa shape index (κ3) is 2.56. The summed E-state index contributed by atoms with van der Waals surface area (Å²) in [6.45, 7) is 7.24. The molecule has 74 valence electrons. The summed E-state index contributed by atoms with van der Waals surface area (Å²) in [5.74, 6) is -0.130. The van der Waals surface area contributed by atoms with Crippen molar-refractivity contribution in [2.75, 3.05) is 13.2 Å². The standard InChI is InChI=1S/C10H17NO2/c1-4-13-10(12)9-5-7(2)8(3)6-11-9/h9,11H,4-6H2,1-3H3. The molecule has 1 aliphatic heterocycles. The highest BCUT2D eigenvalue weighted by Gasteiger charge is 2.23. The summed E-state index contributed by atoms with van der Waals surface area (Å²) < 4.78 is 4.94. The first-order valence-electron chi connectivity index (χ1n) is 4.70. The molecule has 1 atom stereocenters. The van der Waals surface area contributed by atoms with Gasteiger partial charge >= 0.3 is 5.97 Å². The van der Waals surface area contributed by atoms with Gasteiger partial charge in [0.25, 0.3) is 0 Å². The van der Waals surface area contributed by atoms with Gasteiger partial charge in [-0.25, -0.2) is 0 Å². The highest BCUT2D eigenvalue weighted by molar-refractivity contribution is 5.76. The molecule has 0 aromatic carbocycles. The number of carbonyl (C=O) groups excluding carboxylic acids is 1. The first-order valence-corrected chi connectivity index (χ1v) is 4.70. The van der Waals surface area contributed by atoms with E-state index in [2.05, 4.69) is 19.2 Å². The molecule has 0 saturated carbocycles. The average molecular weight is 183 g/mol. The van der Waals surface area contributed by atoms with E-state index in [9.17, 15) is 4.79 Å². The van der Waals surface area contributed by atoms with Gasteiger partial charge in [0.2, 0.25) is 0 Å². The van der Waals surface area contributed by atoms with Gasteiger partial charge in [0.15, 0.2) is 0 Å². The molecule has 0 bridgehead atoms. The van der Waals surface area contributed by atoms with Crippen molar-refractivity contribution >= 4 is 5.97 Å². The fraction of sp³-hybridized carbons (Fsp3) is 0.700. The minimum Gasteiger partial charge on any atom is -0.465 e. The zero-order valence-electron chi connectivity index (χ0n) is 8.52. The van der Waals surface area contributed by atoms with E-state index in [-0.39, 0.29) is 12.0 Å². The molecule has 0 spiro atoms. The number of hydrogen-bond acceptors (Lipinski definition) is 3. The quantitative estimate of drug-likeness (QED) is 0.517. The van der Waals surface area contributed by atoms with E-state index < -0.39 is 0 Å². The van der Waals surface area contributed by atoms with Crippen molar-refractivity contribution in [1.82, 2.24) is 5.32 Å². The summed E-state index contributed by atoms with van der Waals surface area (Å²) in [6, 6.07) is -0.136. The van der Waals surface area contributed by atoms with Crippen LogP contribution in [-0.2, 0) is 9.53 Å². The van der Waals surface area contributed by atoms with Gasteiger partial charge in [-0.15, -0.1) is 0 Å². The van der Waals surface area contributed by atoms with Gasteiger partial charge in [0, 0.05) is 6.54 Å². The van der Waals surface area contributed by atoms with Crippen molar-refractivity contribution in [2.24, 2.45) is 0 Å². The minimum absolute atomic E-state index is 0.130. The molecule has 0 amide bonds. The van der Waals surface area contributed by atoms with Gasteiger partial charge in [0.1, 0.15) is 6.04 Å². The number of hydrogen-bond donors (Lipinski definition) is 1. The molecule has 3 heteroatoms. The third-order valence-corrected chi connectivity index (χ3v) is 2.42. The van der Waals surface area contributed by atoms with Gasteiger partial charge in [-0.3, -0.25) is 4.79 Å². The first-order chi connectivity index (χ1) is 6.15.